The van der Waals surface area contributed by atoms with Crippen LogP contribution in [0.5, 0.6) is 0 Å². The van der Waals surface area contributed by atoms with Crippen LogP contribution < -0.4 is 5.32 Å². The first kappa shape index (κ1) is 10.6. The van der Waals surface area contributed by atoms with Crippen LogP contribution in [0.25, 0.3) is 0 Å². The standard InChI is InChI=1S/C12H15F2N/c1-8-5-6-15-11(7-8)9-3-2-4-10(13)12(9)14/h2-4,8,11,15H,5-7H2,1H3. The lowest BCUT2D eigenvalue weighted by Gasteiger charge is -2.28. The third-order valence-corrected chi connectivity index (χ3v) is 3.02. The Hall–Kier alpha value is -0.960. The van der Waals surface area contributed by atoms with Gasteiger partial charge in [0.15, 0.2) is 11.6 Å². The number of nitrogens with one attached hydrogen (secondary N) is 1. The summed E-state index contributed by atoms with van der Waals surface area (Å²) in [7, 11) is 0. The molecule has 1 nitrogen and oxygen atoms in total. The average Bonchev–Trinajstić information content (AvgIpc) is 2.22. The lowest BCUT2D eigenvalue weighted by atomic mass is 9.90. The molecule has 0 aromatic heterocycles. The highest BCUT2D eigenvalue weighted by Gasteiger charge is 2.23. The van der Waals surface area contributed by atoms with Crippen LogP contribution >= 0.6 is 0 Å². The van der Waals surface area contributed by atoms with Gasteiger partial charge in [-0.15, -0.1) is 0 Å². The monoisotopic (exact) mass is 211 g/mol. The first-order valence-electron chi connectivity index (χ1n) is 5.35. The number of rotatable bonds is 1. The van der Waals surface area contributed by atoms with Crippen LogP contribution in [0, 0.1) is 17.6 Å². The van der Waals surface area contributed by atoms with Crippen LogP contribution in [0.3, 0.4) is 0 Å². The number of hydrogen-bond donors (Lipinski definition) is 1. The highest BCUT2D eigenvalue weighted by atomic mass is 19.2. The molecule has 1 fully saturated rings. The van der Waals surface area contributed by atoms with Crippen molar-refractivity contribution in [1.82, 2.24) is 5.32 Å². The molecule has 0 aliphatic carbocycles. The van der Waals surface area contributed by atoms with Crippen LogP contribution in [-0.4, -0.2) is 6.54 Å². The molecule has 0 amide bonds. The lowest BCUT2D eigenvalue weighted by Crippen LogP contribution is -2.31. The molecule has 82 valence electrons. The molecule has 1 heterocycles. The van der Waals surface area contributed by atoms with E-state index in [0.29, 0.717) is 11.5 Å². The SMILES string of the molecule is CC1CCNC(c2cccc(F)c2F)C1. The van der Waals surface area contributed by atoms with E-state index in [0.717, 1.165) is 25.5 Å². The quantitative estimate of drug-likeness (QED) is 0.753. The predicted molar refractivity (Wildman–Crippen MR) is 55.5 cm³/mol. The maximum atomic E-state index is 13.5. The van der Waals surface area contributed by atoms with Gasteiger partial charge in [0, 0.05) is 11.6 Å². The van der Waals surface area contributed by atoms with E-state index in [1.54, 1.807) is 12.1 Å². The third-order valence-electron chi connectivity index (χ3n) is 3.02. The maximum absolute atomic E-state index is 13.5. The molecule has 2 unspecified atom stereocenters. The number of benzene rings is 1. The first-order chi connectivity index (χ1) is 7.18. The summed E-state index contributed by atoms with van der Waals surface area (Å²) in [5.41, 5.74) is 0.460. The van der Waals surface area contributed by atoms with Gasteiger partial charge < -0.3 is 5.32 Å². The summed E-state index contributed by atoms with van der Waals surface area (Å²) >= 11 is 0. The van der Waals surface area contributed by atoms with Crippen molar-refractivity contribution >= 4 is 0 Å². The summed E-state index contributed by atoms with van der Waals surface area (Å²) < 4.78 is 26.5. The van der Waals surface area contributed by atoms with Gasteiger partial charge >= 0.3 is 0 Å². The van der Waals surface area contributed by atoms with Crippen molar-refractivity contribution in [3.63, 3.8) is 0 Å². The molecule has 15 heavy (non-hydrogen) atoms. The zero-order valence-electron chi connectivity index (χ0n) is 8.76. The lowest BCUT2D eigenvalue weighted by molar-refractivity contribution is 0.316. The summed E-state index contributed by atoms with van der Waals surface area (Å²) in [6.45, 7) is 3.02. The largest absolute Gasteiger partial charge is 0.310 e. The molecule has 1 aliphatic heterocycles. The predicted octanol–water partition coefficient (Wildman–Crippen LogP) is 3.03. The Labute approximate surface area is 88.5 Å². The molecule has 1 aromatic rings. The van der Waals surface area contributed by atoms with E-state index in [2.05, 4.69) is 12.2 Å². The fourth-order valence-electron chi connectivity index (χ4n) is 2.13. The van der Waals surface area contributed by atoms with Crippen LogP contribution in [0.2, 0.25) is 0 Å². The van der Waals surface area contributed by atoms with Crippen molar-refractivity contribution in [3.8, 4) is 0 Å². The van der Waals surface area contributed by atoms with Crippen molar-refractivity contribution in [3.05, 3.63) is 35.4 Å². The second kappa shape index (κ2) is 4.27. The Morgan fingerprint density at radius 1 is 1.33 bits per heavy atom. The molecule has 0 bridgehead atoms. The topological polar surface area (TPSA) is 12.0 Å². The van der Waals surface area contributed by atoms with E-state index in [1.165, 1.54) is 0 Å². The minimum Gasteiger partial charge on any atom is -0.310 e. The highest BCUT2D eigenvalue weighted by molar-refractivity contribution is 5.23. The molecule has 0 radical (unpaired) electrons. The Morgan fingerprint density at radius 3 is 2.87 bits per heavy atom. The molecule has 1 aliphatic rings. The van der Waals surface area contributed by atoms with Gasteiger partial charge in [-0.2, -0.15) is 0 Å². The van der Waals surface area contributed by atoms with E-state index in [9.17, 15) is 8.78 Å². The molecule has 1 saturated heterocycles. The van der Waals surface area contributed by atoms with E-state index < -0.39 is 11.6 Å². The van der Waals surface area contributed by atoms with Crippen molar-refractivity contribution in [1.29, 1.82) is 0 Å². The van der Waals surface area contributed by atoms with E-state index in [1.807, 2.05) is 0 Å². The van der Waals surface area contributed by atoms with Crippen molar-refractivity contribution in [2.24, 2.45) is 5.92 Å². The minimum absolute atomic E-state index is 0.0375. The van der Waals surface area contributed by atoms with Gasteiger partial charge in [-0.1, -0.05) is 19.1 Å². The zero-order valence-corrected chi connectivity index (χ0v) is 8.76. The van der Waals surface area contributed by atoms with E-state index >= 15 is 0 Å². The number of piperidine rings is 1. The van der Waals surface area contributed by atoms with Gasteiger partial charge in [0.2, 0.25) is 0 Å². The van der Waals surface area contributed by atoms with Crippen LogP contribution in [0.1, 0.15) is 31.4 Å². The summed E-state index contributed by atoms with van der Waals surface area (Å²) in [6, 6.07) is 4.35. The van der Waals surface area contributed by atoms with Gasteiger partial charge in [-0.25, -0.2) is 8.78 Å². The molecule has 1 aromatic carbocycles. The molecule has 3 heteroatoms. The van der Waals surface area contributed by atoms with Gasteiger partial charge in [-0.3, -0.25) is 0 Å². The fraction of sp³-hybridized carbons (Fsp3) is 0.500. The average molecular weight is 211 g/mol. The Kier molecular flexibility index (Phi) is 3.00. The molecule has 0 saturated carbocycles. The third kappa shape index (κ3) is 2.17. The number of hydrogen-bond acceptors (Lipinski definition) is 1. The van der Waals surface area contributed by atoms with Crippen LogP contribution in [-0.2, 0) is 0 Å². The molecular weight excluding hydrogens is 196 g/mol. The van der Waals surface area contributed by atoms with Crippen molar-refractivity contribution in [2.45, 2.75) is 25.8 Å². The molecular formula is C12H15F2N. The molecule has 2 atom stereocenters. The van der Waals surface area contributed by atoms with Crippen molar-refractivity contribution in [2.75, 3.05) is 6.54 Å². The maximum Gasteiger partial charge on any atom is 0.163 e. The first-order valence-corrected chi connectivity index (χ1v) is 5.35. The molecule has 0 spiro atoms. The van der Waals surface area contributed by atoms with Crippen LogP contribution in [0.15, 0.2) is 18.2 Å². The summed E-state index contributed by atoms with van der Waals surface area (Å²) in [5.74, 6) is -0.893. The van der Waals surface area contributed by atoms with E-state index in [-0.39, 0.29) is 6.04 Å². The highest BCUT2D eigenvalue weighted by Crippen LogP contribution is 2.29. The Bertz CT molecular complexity index is 351. The fourth-order valence-corrected chi connectivity index (χ4v) is 2.13. The Balaban J connectivity index is 2.24. The second-order valence-corrected chi connectivity index (χ2v) is 4.28. The number of halogens is 2. The summed E-state index contributed by atoms with van der Waals surface area (Å²) in [4.78, 5) is 0. The van der Waals surface area contributed by atoms with Gasteiger partial charge in [0.1, 0.15) is 0 Å². The Morgan fingerprint density at radius 2 is 2.13 bits per heavy atom. The van der Waals surface area contributed by atoms with Gasteiger partial charge in [0.25, 0.3) is 0 Å². The zero-order chi connectivity index (χ0) is 10.8. The van der Waals surface area contributed by atoms with Gasteiger partial charge in [0.05, 0.1) is 0 Å². The smallest absolute Gasteiger partial charge is 0.163 e. The summed E-state index contributed by atoms with van der Waals surface area (Å²) in [6.07, 6.45) is 1.98. The molecule has 1 N–H and O–H groups in total. The van der Waals surface area contributed by atoms with Crippen LogP contribution in [0.4, 0.5) is 8.78 Å². The normalized spacial score (nSPS) is 26.6. The summed E-state index contributed by atoms with van der Waals surface area (Å²) in [5, 5.41) is 3.23. The van der Waals surface area contributed by atoms with Crippen molar-refractivity contribution < 1.29 is 8.78 Å². The molecule has 2 rings (SSSR count). The minimum atomic E-state index is -0.757. The van der Waals surface area contributed by atoms with Gasteiger partial charge in [-0.05, 0) is 31.4 Å². The second-order valence-electron chi connectivity index (χ2n) is 4.28. The van der Waals surface area contributed by atoms with E-state index in [4.69, 9.17) is 0 Å².